The van der Waals surface area contributed by atoms with Crippen LogP contribution in [0.2, 0.25) is 0 Å². The fraction of sp³-hybridized carbons (Fsp3) is 0.583. The Morgan fingerprint density at radius 2 is 2.24 bits per heavy atom. The molecule has 1 aliphatic carbocycles. The van der Waals surface area contributed by atoms with Crippen LogP contribution in [0.1, 0.15) is 36.7 Å². The van der Waals surface area contributed by atoms with Gasteiger partial charge in [0.25, 0.3) is 5.91 Å². The molecule has 0 aromatic carbocycles. The van der Waals surface area contributed by atoms with Gasteiger partial charge in [0.2, 0.25) is 0 Å². The molecule has 1 aliphatic rings. The Balaban J connectivity index is 2.02. The summed E-state index contributed by atoms with van der Waals surface area (Å²) in [5.74, 6) is 0.955. The highest BCUT2D eigenvalue weighted by molar-refractivity contribution is 5.92. The van der Waals surface area contributed by atoms with Crippen molar-refractivity contribution in [3.05, 3.63) is 18.1 Å². The number of nitrogens with zero attached hydrogens (tertiary/aromatic N) is 3. The lowest BCUT2D eigenvalue weighted by atomic mass is 9.85. The molecule has 92 valence electrons. The molecule has 0 spiro atoms. The standard InChI is InChI=1S/C12H18N4O/c1-2-16(8-9-4-3-5-9)12(17)10-6-15-11(13)7-14-10/h6-7,9H,2-5,8H2,1H3,(H2,13,15). The van der Waals surface area contributed by atoms with Gasteiger partial charge in [-0.3, -0.25) is 4.79 Å². The van der Waals surface area contributed by atoms with E-state index < -0.39 is 0 Å². The molecule has 1 heterocycles. The first-order valence-corrected chi connectivity index (χ1v) is 6.07. The van der Waals surface area contributed by atoms with Crippen molar-refractivity contribution in [1.29, 1.82) is 0 Å². The highest BCUT2D eigenvalue weighted by Crippen LogP contribution is 2.27. The van der Waals surface area contributed by atoms with Crippen molar-refractivity contribution < 1.29 is 4.79 Å². The Morgan fingerprint density at radius 3 is 2.71 bits per heavy atom. The zero-order valence-corrected chi connectivity index (χ0v) is 10.1. The molecule has 1 fully saturated rings. The summed E-state index contributed by atoms with van der Waals surface area (Å²) in [6.07, 6.45) is 6.62. The van der Waals surface area contributed by atoms with E-state index in [1.165, 1.54) is 31.7 Å². The van der Waals surface area contributed by atoms with E-state index >= 15 is 0 Å². The molecule has 2 N–H and O–H groups in total. The predicted molar refractivity (Wildman–Crippen MR) is 65.4 cm³/mol. The second-order valence-electron chi connectivity index (χ2n) is 4.47. The summed E-state index contributed by atoms with van der Waals surface area (Å²) >= 11 is 0. The number of anilines is 1. The molecule has 0 radical (unpaired) electrons. The molecule has 2 rings (SSSR count). The third-order valence-corrected chi connectivity index (χ3v) is 3.26. The molecule has 5 heteroatoms. The summed E-state index contributed by atoms with van der Waals surface area (Å²) in [4.78, 5) is 21.9. The summed E-state index contributed by atoms with van der Waals surface area (Å²) in [5, 5.41) is 0. The minimum Gasteiger partial charge on any atom is -0.382 e. The number of rotatable bonds is 4. The van der Waals surface area contributed by atoms with Crippen molar-refractivity contribution in [1.82, 2.24) is 14.9 Å². The number of amides is 1. The molecule has 1 saturated carbocycles. The highest BCUT2D eigenvalue weighted by atomic mass is 16.2. The van der Waals surface area contributed by atoms with Crippen LogP contribution in [0, 0.1) is 5.92 Å². The third-order valence-electron chi connectivity index (χ3n) is 3.26. The first kappa shape index (κ1) is 11.8. The topological polar surface area (TPSA) is 72.1 Å². The summed E-state index contributed by atoms with van der Waals surface area (Å²) in [5.41, 5.74) is 5.82. The molecule has 1 aromatic rings. The summed E-state index contributed by atoms with van der Waals surface area (Å²) in [6.45, 7) is 3.53. The number of carbonyl (C=O) groups is 1. The summed E-state index contributed by atoms with van der Waals surface area (Å²) in [6, 6.07) is 0. The van der Waals surface area contributed by atoms with Gasteiger partial charge in [-0.05, 0) is 25.7 Å². The van der Waals surface area contributed by atoms with Crippen molar-refractivity contribution in [2.75, 3.05) is 18.8 Å². The molecule has 0 aliphatic heterocycles. The van der Waals surface area contributed by atoms with E-state index in [9.17, 15) is 4.79 Å². The predicted octanol–water partition coefficient (Wildman–Crippen LogP) is 1.32. The van der Waals surface area contributed by atoms with Crippen LogP contribution in [-0.2, 0) is 0 Å². The van der Waals surface area contributed by atoms with E-state index in [0.717, 1.165) is 6.54 Å². The third kappa shape index (κ3) is 2.72. The van der Waals surface area contributed by atoms with Crippen LogP contribution in [0.15, 0.2) is 12.4 Å². The van der Waals surface area contributed by atoms with Crippen molar-refractivity contribution >= 4 is 11.7 Å². The zero-order valence-electron chi connectivity index (χ0n) is 10.1. The monoisotopic (exact) mass is 234 g/mol. The van der Waals surface area contributed by atoms with Crippen LogP contribution in [0.25, 0.3) is 0 Å². The summed E-state index contributed by atoms with van der Waals surface area (Å²) < 4.78 is 0. The first-order chi connectivity index (χ1) is 8.20. The minimum atomic E-state index is -0.0492. The quantitative estimate of drug-likeness (QED) is 0.852. The Kier molecular flexibility index (Phi) is 3.56. The van der Waals surface area contributed by atoms with Gasteiger partial charge < -0.3 is 10.6 Å². The fourth-order valence-electron chi connectivity index (χ4n) is 1.95. The van der Waals surface area contributed by atoms with E-state index in [-0.39, 0.29) is 5.91 Å². The van der Waals surface area contributed by atoms with Crippen LogP contribution >= 0.6 is 0 Å². The van der Waals surface area contributed by atoms with Crippen molar-refractivity contribution in [2.45, 2.75) is 26.2 Å². The number of hydrogen-bond acceptors (Lipinski definition) is 4. The Bertz CT molecular complexity index is 386. The average Bonchev–Trinajstić information content (AvgIpc) is 2.28. The normalized spacial score (nSPS) is 15.4. The SMILES string of the molecule is CCN(CC1CCC1)C(=O)c1cnc(N)cn1. The van der Waals surface area contributed by atoms with E-state index in [2.05, 4.69) is 9.97 Å². The Labute approximate surface area is 101 Å². The van der Waals surface area contributed by atoms with E-state index in [0.29, 0.717) is 24.0 Å². The maximum absolute atomic E-state index is 12.1. The molecule has 0 unspecified atom stereocenters. The number of aromatic nitrogens is 2. The van der Waals surface area contributed by atoms with Gasteiger partial charge in [-0.15, -0.1) is 0 Å². The van der Waals surface area contributed by atoms with E-state index in [1.807, 2.05) is 11.8 Å². The lowest BCUT2D eigenvalue weighted by molar-refractivity contribution is 0.0700. The number of hydrogen-bond donors (Lipinski definition) is 1. The lowest BCUT2D eigenvalue weighted by Gasteiger charge is -2.31. The van der Waals surface area contributed by atoms with Gasteiger partial charge in [-0.2, -0.15) is 0 Å². The molecule has 1 aromatic heterocycles. The maximum atomic E-state index is 12.1. The van der Waals surface area contributed by atoms with Crippen LogP contribution in [0.3, 0.4) is 0 Å². The van der Waals surface area contributed by atoms with Gasteiger partial charge in [0.15, 0.2) is 0 Å². The average molecular weight is 234 g/mol. The van der Waals surface area contributed by atoms with Crippen LogP contribution in [0.4, 0.5) is 5.82 Å². The van der Waals surface area contributed by atoms with Crippen molar-refractivity contribution in [2.24, 2.45) is 5.92 Å². The Hall–Kier alpha value is -1.65. The van der Waals surface area contributed by atoms with Gasteiger partial charge in [0, 0.05) is 13.1 Å². The molecule has 0 atom stereocenters. The van der Waals surface area contributed by atoms with Crippen LogP contribution in [-0.4, -0.2) is 33.9 Å². The minimum absolute atomic E-state index is 0.0492. The highest BCUT2D eigenvalue weighted by Gasteiger charge is 2.24. The summed E-state index contributed by atoms with van der Waals surface area (Å²) in [7, 11) is 0. The van der Waals surface area contributed by atoms with Crippen molar-refractivity contribution in [3.8, 4) is 0 Å². The largest absolute Gasteiger partial charge is 0.382 e. The zero-order chi connectivity index (χ0) is 12.3. The lowest BCUT2D eigenvalue weighted by Crippen LogP contribution is -2.37. The molecule has 0 bridgehead atoms. The maximum Gasteiger partial charge on any atom is 0.274 e. The molecule has 5 nitrogen and oxygen atoms in total. The van der Waals surface area contributed by atoms with Crippen LogP contribution < -0.4 is 5.73 Å². The van der Waals surface area contributed by atoms with Crippen molar-refractivity contribution in [3.63, 3.8) is 0 Å². The molecular weight excluding hydrogens is 216 g/mol. The second-order valence-corrected chi connectivity index (χ2v) is 4.47. The van der Waals surface area contributed by atoms with Gasteiger partial charge in [-0.25, -0.2) is 9.97 Å². The van der Waals surface area contributed by atoms with Gasteiger partial charge in [0.05, 0.1) is 12.4 Å². The number of nitrogens with two attached hydrogens (primary N) is 1. The van der Waals surface area contributed by atoms with Crippen LogP contribution in [0.5, 0.6) is 0 Å². The molecule has 17 heavy (non-hydrogen) atoms. The van der Waals surface area contributed by atoms with E-state index in [4.69, 9.17) is 5.73 Å². The number of nitrogen functional groups attached to an aromatic ring is 1. The smallest absolute Gasteiger partial charge is 0.274 e. The Morgan fingerprint density at radius 1 is 1.47 bits per heavy atom. The molecular formula is C12H18N4O. The van der Waals surface area contributed by atoms with E-state index in [1.54, 1.807) is 0 Å². The first-order valence-electron chi connectivity index (χ1n) is 6.07. The molecule has 0 saturated heterocycles. The van der Waals surface area contributed by atoms with Gasteiger partial charge in [0.1, 0.15) is 11.5 Å². The number of carbonyl (C=O) groups excluding carboxylic acids is 1. The second kappa shape index (κ2) is 5.12. The van der Waals surface area contributed by atoms with Gasteiger partial charge in [-0.1, -0.05) is 6.42 Å². The fourth-order valence-corrected chi connectivity index (χ4v) is 1.95. The van der Waals surface area contributed by atoms with Gasteiger partial charge >= 0.3 is 0 Å². The molecule has 1 amide bonds.